The molecule has 2 atom stereocenters. The maximum absolute atomic E-state index is 5.98. The highest BCUT2D eigenvalue weighted by molar-refractivity contribution is 5.30. The Kier molecular flexibility index (Phi) is 5.58. The summed E-state index contributed by atoms with van der Waals surface area (Å²) in [7, 11) is 0. The van der Waals surface area contributed by atoms with Gasteiger partial charge in [0.25, 0.3) is 0 Å². The quantitative estimate of drug-likeness (QED) is 0.854. The van der Waals surface area contributed by atoms with Crippen molar-refractivity contribution in [2.24, 2.45) is 5.92 Å². The van der Waals surface area contributed by atoms with Crippen LogP contribution in [0.1, 0.15) is 51.6 Å². The van der Waals surface area contributed by atoms with Crippen LogP contribution < -0.4 is 5.32 Å². The highest BCUT2D eigenvalue weighted by atomic mass is 16.5. The molecular formula is C15H25N3O. The Morgan fingerprint density at radius 2 is 2.11 bits per heavy atom. The number of aromatic nitrogens is 2. The van der Waals surface area contributed by atoms with Crippen molar-refractivity contribution in [3.05, 3.63) is 18.1 Å². The zero-order valence-electron chi connectivity index (χ0n) is 12.1. The third-order valence-corrected chi connectivity index (χ3v) is 3.74. The molecule has 1 aliphatic rings. The lowest BCUT2D eigenvalue weighted by Crippen LogP contribution is -2.25. The lowest BCUT2D eigenvalue weighted by atomic mass is 9.88. The van der Waals surface area contributed by atoms with Gasteiger partial charge in [-0.3, -0.25) is 4.98 Å². The molecule has 0 saturated heterocycles. The molecule has 0 aliphatic heterocycles. The lowest BCUT2D eigenvalue weighted by molar-refractivity contribution is -0.0168. The van der Waals surface area contributed by atoms with E-state index in [1.54, 1.807) is 6.20 Å². The van der Waals surface area contributed by atoms with Crippen LogP contribution in [0.4, 0.5) is 5.82 Å². The van der Waals surface area contributed by atoms with E-state index < -0.39 is 0 Å². The predicted molar refractivity (Wildman–Crippen MR) is 77.0 cm³/mol. The number of anilines is 1. The summed E-state index contributed by atoms with van der Waals surface area (Å²) in [5.41, 5.74) is 0.917. The number of ether oxygens (including phenoxy) is 1. The minimum absolute atomic E-state index is 0.397. The average Bonchev–Trinajstić information content (AvgIpc) is 2.45. The van der Waals surface area contributed by atoms with Crippen LogP contribution in [0.25, 0.3) is 0 Å². The first kappa shape index (κ1) is 14.3. The molecule has 2 unspecified atom stereocenters. The van der Waals surface area contributed by atoms with Crippen molar-refractivity contribution in [1.82, 2.24) is 9.97 Å². The number of hydrogen-bond acceptors (Lipinski definition) is 4. The van der Waals surface area contributed by atoms with Crippen LogP contribution in [0.3, 0.4) is 0 Å². The molecule has 1 aliphatic carbocycles. The second-order valence-corrected chi connectivity index (χ2v) is 5.43. The molecule has 0 radical (unpaired) electrons. The topological polar surface area (TPSA) is 47.0 Å². The Balaban J connectivity index is 1.79. The molecule has 2 rings (SSSR count). The van der Waals surface area contributed by atoms with Gasteiger partial charge in [-0.25, -0.2) is 4.98 Å². The first-order valence-corrected chi connectivity index (χ1v) is 7.46. The second kappa shape index (κ2) is 7.43. The largest absolute Gasteiger partial charge is 0.372 e. The highest BCUT2D eigenvalue weighted by Gasteiger charge is 2.21. The molecule has 0 aromatic carbocycles. The molecule has 0 bridgehead atoms. The Hall–Kier alpha value is -1.16. The number of hydrogen-bond donors (Lipinski definition) is 1. The van der Waals surface area contributed by atoms with Crippen molar-refractivity contribution in [2.75, 3.05) is 11.9 Å². The zero-order chi connectivity index (χ0) is 13.5. The van der Waals surface area contributed by atoms with E-state index in [0.717, 1.165) is 24.5 Å². The molecule has 1 aromatic heterocycles. The van der Waals surface area contributed by atoms with Gasteiger partial charge in [-0.1, -0.05) is 26.7 Å². The van der Waals surface area contributed by atoms with E-state index in [9.17, 15) is 0 Å². The van der Waals surface area contributed by atoms with Gasteiger partial charge in [0.15, 0.2) is 0 Å². The summed E-state index contributed by atoms with van der Waals surface area (Å²) in [5.74, 6) is 1.52. The van der Waals surface area contributed by atoms with Gasteiger partial charge >= 0.3 is 0 Å². The van der Waals surface area contributed by atoms with Crippen molar-refractivity contribution in [2.45, 2.75) is 58.7 Å². The van der Waals surface area contributed by atoms with Gasteiger partial charge in [-0.15, -0.1) is 0 Å². The van der Waals surface area contributed by atoms with Crippen molar-refractivity contribution in [3.63, 3.8) is 0 Å². The number of nitrogens with zero attached hydrogens (tertiary/aromatic N) is 2. The molecule has 1 fully saturated rings. The fraction of sp³-hybridized carbons (Fsp3) is 0.733. The summed E-state index contributed by atoms with van der Waals surface area (Å²) < 4.78 is 5.98. The molecule has 1 N–H and O–H groups in total. The van der Waals surface area contributed by atoms with E-state index in [-0.39, 0.29) is 0 Å². The molecule has 1 aromatic rings. The SMILES string of the molecule is CCCNc1cnc(COC2CCCCC2C)cn1. The average molecular weight is 263 g/mol. The minimum Gasteiger partial charge on any atom is -0.372 e. The lowest BCUT2D eigenvalue weighted by Gasteiger charge is -2.28. The number of nitrogens with one attached hydrogen (secondary N) is 1. The molecule has 4 heteroatoms. The van der Waals surface area contributed by atoms with Gasteiger partial charge in [0.05, 0.1) is 30.8 Å². The number of rotatable bonds is 6. The molecule has 1 saturated carbocycles. The van der Waals surface area contributed by atoms with E-state index in [1.165, 1.54) is 25.7 Å². The first-order chi connectivity index (χ1) is 9.29. The Morgan fingerprint density at radius 3 is 2.79 bits per heavy atom. The standard InChI is InChI=1S/C15H25N3O/c1-3-8-16-15-10-17-13(9-18-15)11-19-14-7-5-4-6-12(14)2/h9-10,12,14H,3-8,11H2,1-2H3,(H,16,18). The van der Waals surface area contributed by atoms with E-state index in [2.05, 4.69) is 29.1 Å². The minimum atomic E-state index is 0.397. The van der Waals surface area contributed by atoms with Crippen molar-refractivity contribution >= 4 is 5.82 Å². The van der Waals surface area contributed by atoms with Crippen LogP contribution in [0.2, 0.25) is 0 Å². The summed E-state index contributed by atoms with van der Waals surface area (Å²) in [5, 5.41) is 3.22. The van der Waals surface area contributed by atoms with Crippen LogP contribution in [0, 0.1) is 5.92 Å². The van der Waals surface area contributed by atoms with E-state index >= 15 is 0 Å². The Labute approximate surface area is 116 Å². The molecule has 4 nitrogen and oxygen atoms in total. The van der Waals surface area contributed by atoms with Crippen LogP contribution in [0.15, 0.2) is 12.4 Å². The van der Waals surface area contributed by atoms with Crippen LogP contribution in [-0.4, -0.2) is 22.6 Å². The van der Waals surface area contributed by atoms with Gasteiger partial charge in [0.1, 0.15) is 5.82 Å². The normalized spacial score (nSPS) is 23.3. The highest BCUT2D eigenvalue weighted by Crippen LogP contribution is 2.26. The van der Waals surface area contributed by atoms with Crippen LogP contribution >= 0.6 is 0 Å². The molecule has 106 valence electrons. The molecular weight excluding hydrogens is 238 g/mol. The summed E-state index contributed by atoms with van der Waals surface area (Å²) in [6.45, 7) is 5.93. The monoisotopic (exact) mass is 263 g/mol. The Morgan fingerprint density at radius 1 is 1.26 bits per heavy atom. The van der Waals surface area contributed by atoms with E-state index in [1.807, 2.05) is 6.20 Å². The fourth-order valence-corrected chi connectivity index (χ4v) is 2.50. The third-order valence-electron chi connectivity index (χ3n) is 3.74. The van der Waals surface area contributed by atoms with Gasteiger partial charge in [0.2, 0.25) is 0 Å². The van der Waals surface area contributed by atoms with Crippen LogP contribution in [-0.2, 0) is 11.3 Å². The van der Waals surface area contributed by atoms with Gasteiger partial charge < -0.3 is 10.1 Å². The summed E-state index contributed by atoms with van der Waals surface area (Å²) in [6.07, 6.45) is 10.2. The van der Waals surface area contributed by atoms with Gasteiger partial charge in [-0.05, 0) is 25.2 Å². The molecule has 19 heavy (non-hydrogen) atoms. The maximum atomic E-state index is 5.98. The first-order valence-electron chi connectivity index (χ1n) is 7.46. The molecule has 0 spiro atoms. The van der Waals surface area contributed by atoms with Gasteiger partial charge in [-0.2, -0.15) is 0 Å². The van der Waals surface area contributed by atoms with Crippen LogP contribution in [0.5, 0.6) is 0 Å². The van der Waals surface area contributed by atoms with E-state index in [4.69, 9.17) is 4.74 Å². The van der Waals surface area contributed by atoms with Gasteiger partial charge in [0, 0.05) is 6.54 Å². The Bertz CT molecular complexity index is 366. The summed E-state index contributed by atoms with van der Waals surface area (Å²) >= 11 is 0. The van der Waals surface area contributed by atoms with Crippen molar-refractivity contribution in [1.29, 1.82) is 0 Å². The van der Waals surface area contributed by atoms with Crippen molar-refractivity contribution < 1.29 is 4.74 Å². The third kappa shape index (κ3) is 4.46. The molecule has 0 amide bonds. The second-order valence-electron chi connectivity index (χ2n) is 5.43. The maximum Gasteiger partial charge on any atom is 0.144 e. The zero-order valence-corrected chi connectivity index (χ0v) is 12.1. The fourth-order valence-electron chi connectivity index (χ4n) is 2.50. The summed E-state index contributed by atoms with van der Waals surface area (Å²) in [4.78, 5) is 8.74. The molecule has 1 heterocycles. The summed E-state index contributed by atoms with van der Waals surface area (Å²) in [6, 6.07) is 0. The smallest absolute Gasteiger partial charge is 0.144 e. The van der Waals surface area contributed by atoms with Crippen molar-refractivity contribution in [3.8, 4) is 0 Å². The van der Waals surface area contributed by atoms with E-state index in [0.29, 0.717) is 18.6 Å². The predicted octanol–water partition coefficient (Wildman–Crippen LogP) is 3.39.